The molecule has 1 amide bonds. The summed E-state index contributed by atoms with van der Waals surface area (Å²) in [6, 6.07) is 4.17. The Hall–Kier alpha value is -1.75. The van der Waals surface area contributed by atoms with Gasteiger partial charge in [0.05, 0.1) is 6.04 Å². The fourth-order valence-corrected chi connectivity index (χ4v) is 2.68. The van der Waals surface area contributed by atoms with Crippen molar-refractivity contribution in [1.29, 1.82) is 0 Å². The van der Waals surface area contributed by atoms with Gasteiger partial charge in [0.1, 0.15) is 0 Å². The molecule has 4 nitrogen and oxygen atoms in total. The molecule has 2 rings (SSSR count). The highest BCUT2D eigenvalue weighted by atomic mass is 32.1. The topological polar surface area (TPSA) is 45.2 Å². The number of hydrogen-bond acceptors (Lipinski definition) is 3. The summed E-state index contributed by atoms with van der Waals surface area (Å²) in [7, 11) is 0. The van der Waals surface area contributed by atoms with Gasteiger partial charge in [0.2, 0.25) is 0 Å². The average Bonchev–Trinajstić information content (AvgIpc) is 2.48. The molecule has 0 aliphatic carbocycles. The number of aromatic nitrogens is 1. The maximum atomic E-state index is 11.7. The third-order valence-corrected chi connectivity index (χ3v) is 3.78. The van der Waals surface area contributed by atoms with E-state index in [1.54, 1.807) is 13.1 Å². The zero-order chi connectivity index (χ0) is 14.5. The predicted molar refractivity (Wildman–Crippen MR) is 83.1 cm³/mol. The van der Waals surface area contributed by atoms with Crippen LogP contribution in [-0.2, 0) is 4.79 Å². The van der Waals surface area contributed by atoms with Gasteiger partial charge in [0, 0.05) is 24.5 Å². The van der Waals surface area contributed by atoms with Crippen LogP contribution in [0.5, 0.6) is 0 Å². The Morgan fingerprint density at radius 2 is 2.35 bits per heavy atom. The van der Waals surface area contributed by atoms with Crippen molar-refractivity contribution in [3.63, 3.8) is 0 Å². The fourth-order valence-electron chi connectivity index (χ4n) is 2.37. The first-order valence-corrected chi connectivity index (χ1v) is 7.18. The van der Waals surface area contributed by atoms with Crippen molar-refractivity contribution >= 4 is 23.2 Å². The van der Waals surface area contributed by atoms with Gasteiger partial charge in [-0.05, 0) is 50.0 Å². The monoisotopic (exact) mass is 289 g/mol. The number of rotatable bonds is 2. The van der Waals surface area contributed by atoms with Crippen LogP contribution in [0.3, 0.4) is 0 Å². The van der Waals surface area contributed by atoms with Crippen LogP contribution in [0.15, 0.2) is 36.7 Å². The first-order chi connectivity index (χ1) is 9.59. The highest BCUT2D eigenvalue weighted by Gasteiger charge is 2.26. The summed E-state index contributed by atoms with van der Waals surface area (Å²) in [6.45, 7) is 6.16. The van der Waals surface area contributed by atoms with Crippen molar-refractivity contribution in [2.75, 3.05) is 6.54 Å². The SMILES string of the molecule is C=C(C)C(=O)NC(=S)N1CCCCC1c1cccnc1. The molecular formula is C15H19N3OS. The second-order valence-corrected chi connectivity index (χ2v) is 5.42. The van der Waals surface area contributed by atoms with E-state index in [0.29, 0.717) is 10.7 Å². The number of carbonyl (C=O) groups excluding carboxylic acids is 1. The Morgan fingerprint density at radius 1 is 1.55 bits per heavy atom. The van der Waals surface area contributed by atoms with E-state index in [4.69, 9.17) is 12.2 Å². The second kappa shape index (κ2) is 6.61. The van der Waals surface area contributed by atoms with Crippen molar-refractivity contribution < 1.29 is 4.79 Å². The highest BCUT2D eigenvalue weighted by Crippen LogP contribution is 2.30. The van der Waals surface area contributed by atoms with Gasteiger partial charge in [-0.25, -0.2) is 0 Å². The van der Waals surface area contributed by atoms with E-state index >= 15 is 0 Å². The predicted octanol–water partition coefficient (Wildman–Crippen LogP) is 2.59. The maximum absolute atomic E-state index is 11.7. The summed E-state index contributed by atoms with van der Waals surface area (Å²) in [5, 5.41) is 3.23. The minimum atomic E-state index is -0.217. The molecule has 106 valence electrons. The number of likely N-dealkylation sites (tertiary alicyclic amines) is 1. The lowest BCUT2D eigenvalue weighted by molar-refractivity contribution is -0.116. The molecular weight excluding hydrogens is 270 g/mol. The normalized spacial score (nSPS) is 18.4. The molecule has 2 heterocycles. The fraction of sp³-hybridized carbons (Fsp3) is 0.400. The van der Waals surface area contributed by atoms with Crippen LogP contribution in [0.2, 0.25) is 0 Å². The number of carbonyl (C=O) groups is 1. The zero-order valence-electron chi connectivity index (χ0n) is 11.6. The minimum absolute atomic E-state index is 0.190. The number of nitrogens with one attached hydrogen (secondary N) is 1. The largest absolute Gasteiger partial charge is 0.342 e. The average molecular weight is 289 g/mol. The lowest BCUT2D eigenvalue weighted by Crippen LogP contribution is -2.46. The molecule has 1 fully saturated rings. The number of piperidine rings is 1. The van der Waals surface area contributed by atoms with Gasteiger partial charge < -0.3 is 4.90 Å². The number of amides is 1. The highest BCUT2D eigenvalue weighted by molar-refractivity contribution is 7.80. The van der Waals surface area contributed by atoms with Gasteiger partial charge in [-0.3, -0.25) is 15.1 Å². The van der Waals surface area contributed by atoms with E-state index in [2.05, 4.69) is 27.8 Å². The molecule has 1 aromatic heterocycles. The van der Waals surface area contributed by atoms with E-state index in [-0.39, 0.29) is 11.9 Å². The number of pyridine rings is 1. The molecule has 0 spiro atoms. The van der Waals surface area contributed by atoms with Crippen molar-refractivity contribution in [2.45, 2.75) is 32.2 Å². The molecule has 1 atom stereocenters. The molecule has 0 aromatic carbocycles. The Morgan fingerprint density at radius 3 is 3.00 bits per heavy atom. The molecule has 1 aromatic rings. The smallest absolute Gasteiger partial charge is 0.252 e. The molecule has 0 bridgehead atoms. The van der Waals surface area contributed by atoms with Crippen LogP contribution in [0.25, 0.3) is 0 Å². The molecule has 1 N–H and O–H groups in total. The van der Waals surface area contributed by atoms with Gasteiger partial charge in [-0.1, -0.05) is 12.6 Å². The number of hydrogen-bond donors (Lipinski definition) is 1. The Labute approximate surface area is 124 Å². The van der Waals surface area contributed by atoms with E-state index in [0.717, 1.165) is 31.4 Å². The minimum Gasteiger partial charge on any atom is -0.342 e. The summed E-state index contributed by atoms with van der Waals surface area (Å²) < 4.78 is 0. The summed E-state index contributed by atoms with van der Waals surface area (Å²) in [6.07, 6.45) is 6.89. The van der Waals surface area contributed by atoms with Crippen LogP contribution in [0, 0.1) is 0 Å². The van der Waals surface area contributed by atoms with E-state index in [1.807, 2.05) is 12.3 Å². The van der Waals surface area contributed by atoms with Crippen LogP contribution < -0.4 is 5.32 Å². The van der Waals surface area contributed by atoms with Gasteiger partial charge in [-0.2, -0.15) is 0 Å². The van der Waals surface area contributed by atoms with Crippen molar-refractivity contribution in [1.82, 2.24) is 15.2 Å². The number of thiocarbonyl (C=S) groups is 1. The summed E-state index contributed by atoms with van der Waals surface area (Å²) in [4.78, 5) is 18.0. The quantitative estimate of drug-likeness (QED) is 0.671. The van der Waals surface area contributed by atoms with Gasteiger partial charge >= 0.3 is 0 Å². The molecule has 20 heavy (non-hydrogen) atoms. The third kappa shape index (κ3) is 3.42. The first-order valence-electron chi connectivity index (χ1n) is 6.77. The molecule has 1 saturated heterocycles. The van der Waals surface area contributed by atoms with E-state index < -0.39 is 0 Å². The molecule has 1 unspecified atom stereocenters. The van der Waals surface area contributed by atoms with Crippen molar-refractivity contribution in [2.24, 2.45) is 0 Å². The van der Waals surface area contributed by atoms with Gasteiger partial charge in [0.15, 0.2) is 5.11 Å². The maximum Gasteiger partial charge on any atom is 0.252 e. The molecule has 5 heteroatoms. The Bertz CT molecular complexity index is 515. The van der Waals surface area contributed by atoms with Gasteiger partial charge in [0.25, 0.3) is 5.91 Å². The van der Waals surface area contributed by atoms with Gasteiger partial charge in [-0.15, -0.1) is 0 Å². The Kier molecular flexibility index (Phi) is 4.84. The standard InChI is InChI=1S/C15H19N3OS/c1-11(2)14(19)17-15(20)18-9-4-3-7-13(18)12-6-5-8-16-10-12/h5-6,8,10,13H,1,3-4,7,9H2,2H3,(H,17,19,20). The molecule has 0 radical (unpaired) electrons. The lowest BCUT2D eigenvalue weighted by Gasteiger charge is -2.37. The van der Waals surface area contributed by atoms with Crippen molar-refractivity contribution in [3.8, 4) is 0 Å². The van der Waals surface area contributed by atoms with Crippen LogP contribution in [0.1, 0.15) is 37.8 Å². The molecule has 1 aliphatic heterocycles. The van der Waals surface area contributed by atoms with Crippen molar-refractivity contribution in [3.05, 3.63) is 42.2 Å². The number of nitrogens with zero attached hydrogens (tertiary/aromatic N) is 2. The summed E-state index contributed by atoms with van der Waals surface area (Å²) in [5.74, 6) is -0.217. The second-order valence-electron chi connectivity index (χ2n) is 5.03. The van der Waals surface area contributed by atoms with Crippen LogP contribution in [0.4, 0.5) is 0 Å². The van der Waals surface area contributed by atoms with Crippen LogP contribution >= 0.6 is 12.2 Å². The van der Waals surface area contributed by atoms with Crippen LogP contribution in [-0.4, -0.2) is 27.4 Å². The third-order valence-electron chi connectivity index (χ3n) is 3.44. The van der Waals surface area contributed by atoms with E-state index in [9.17, 15) is 4.79 Å². The lowest BCUT2D eigenvalue weighted by atomic mass is 9.97. The zero-order valence-corrected chi connectivity index (χ0v) is 12.4. The first kappa shape index (κ1) is 14.7. The molecule has 1 aliphatic rings. The summed E-state index contributed by atoms with van der Waals surface area (Å²) in [5.41, 5.74) is 1.60. The summed E-state index contributed by atoms with van der Waals surface area (Å²) >= 11 is 5.38. The Balaban J connectivity index is 2.13. The molecule has 0 saturated carbocycles. The van der Waals surface area contributed by atoms with E-state index in [1.165, 1.54) is 0 Å².